The number of anilines is 1. The Bertz CT molecular complexity index is 1570. The molecule has 2 aromatic carbocycles. The van der Waals surface area contributed by atoms with Crippen molar-refractivity contribution in [2.24, 2.45) is 0 Å². The molecule has 1 N–H and O–H groups in total. The summed E-state index contributed by atoms with van der Waals surface area (Å²) in [5.74, 6) is -3.71. The van der Waals surface area contributed by atoms with E-state index in [2.05, 4.69) is 5.32 Å². The van der Waals surface area contributed by atoms with E-state index in [-0.39, 0.29) is 51.6 Å². The van der Waals surface area contributed by atoms with Gasteiger partial charge >= 0.3 is 11.5 Å². The van der Waals surface area contributed by atoms with Crippen LogP contribution in [0, 0.1) is 0 Å². The van der Waals surface area contributed by atoms with E-state index in [4.69, 9.17) is 14.2 Å². The molecule has 14 heteroatoms. The summed E-state index contributed by atoms with van der Waals surface area (Å²) in [5.41, 5.74) is -5.50. The van der Waals surface area contributed by atoms with Crippen LogP contribution in [-0.4, -0.2) is 51.6 Å². The first-order valence-electron chi connectivity index (χ1n) is 11.3. The van der Waals surface area contributed by atoms with Gasteiger partial charge < -0.3 is 19.5 Å². The number of methoxy groups -OCH3 is 2. The average Bonchev–Trinajstić information content (AvgIpc) is 2.88. The lowest BCUT2D eigenvalue weighted by molar-refractivity contribution is -0.132. The molecule has 0 saturated heterocycles. The van der Waals surface area contributed by atoms with E-state index in [0.29, 0.717) is 12.1 Å². The van der Waals surface area contributed by atoms with Gasteiger partial charge in [-0.2, -0.15) is 13.2 Å². The van der Waals surface area contributed by atoms with Crippen LogP contribution < -0.4 is 10.1 Å². The normalized spacial score (nSPS) is 14.3. The highest BCUT2D eigenvalue weighted by molar-refractivity contribution is 7.92. The zero-order valence-corrected chi connectivity index (χ0v) is 22.3. The molecule has 0 fully saturated rings. The topological polar surface area (TPSA) is 142 Å². The quantitative estimate of drug-likeness (QED) is 0.281. The number of sulfone groups is 1. The van der Waals surface area contributed by atoms with Crippen molar-refractivity contribution in [1.29, 1.82) is 0 Å². The zero-order valence-electron chi connectivity index (χ0n) is 21.5. The molecular weight excluding hydrogens is 559 g/mol. The van der Waals surface area contributed by atoms with Crippen LogP contribution >= 0.6 is 0 Å². The highest BCUT2D eigenvalue weighted by atomic mass is 32.2. The fourth-order valence-corrected chi connectivity index (χ4v) is 4.57. The summed E-state index contributed by atoms with van der Waals surface area (Å²) >= 11 is 0. The van der Waals surface area contributed by atoms with Gasteiger partial charge in [-0.3, -0.25) is 19.2 Å². The van der Waals surface area contributed by atoms with Crippen molar-refractivity contribution < 1.29 is 55.0 Å². The third-order valence-corrected chi connectivity index (χ3v) is 7.28. The maximum Gasteiger partial charge on any atom is 0.501 e. The molecule has 1 amide bonds. The molecular formula is C26H22F3NO9S. The average molecular weight is 582 g/mol. The number of benzene rings is 2. The van der Waals surface area contributed by atoms with Gasteiger partial charge in [0.05, 0.1) is 24.7 Å². The molecule has 0 atom stereocenters. The number of hydrogen-bond acceptors (Lipinski definition) is 9. The molecule has 0 aliphatic heterocycles. The Labute approximate surface area is 226 Å². The van der Waals surface area contributed by atoms with Crippen molar-refractivity contribution in [2.75, 3.05) is 19.5 Å². The minimum atomic E-state index is -5.58. The minimum absolute atomic E-state index is 0.00933. The fourth-order valence-electron chi connectivity index (χ4n) is 3.81. The molecule has 10 nitrogen and oxygen atoms in total. The summed E-state index contributed by atoms with van der Waals surface area (Å²) in [6.45, 7) is 2.49. The van der Waals surface area contributed by atoms with Crippen molar-refractivity contribution in [2.45, 2.75) is 30.7 Å². The Morgan fingerprint density at radius 2 is 1.50 bits per heavy atom. The van der Waals surface area contributed by atoms with Crippen LogP contribution in [0.4, 0.5) is 18.9 Å². The molecule has 0 radical (unpaired) electrons. The Morgan fingerprint density at radius 3 is 2.02 bits per heavy atom. The summed E-state index contributed by atoms with van der Waals surface area (Å²) in [5, 5.41) is 2.39. The first-order chi connectivity index (χ1) is 18.6. The van der Waals surface area contributed by atoms with Crippen LogP contribution in [-0.2, 0) is 40.1 Å². The van der Waals surface area contributed by atoms with E-state index >= 15 is 0 Å². The fraction of sp³-hybridized carbons (Fsp3) is 0.231. The van der Waals surface area contributed by atoms with Crippen LogP contribution in [0.5, 0.6) is 5.75 Å². The maximum absolute atomic E-state index is 13.1. The number of ketones is 2. The molecule has 0 bridgehead atoms. The van der Waals surface area contributed by atoms with E-state index in [0.717, 1.165) is 19.1 Å². The number of alkyl halides is 3. The summed E-state index contributed by atoms with van der Waals surface area (Å²) < 4.78 is 76.9. The zero-order chi connectivity index (χ0) is 30.0. The summed E-state index contributed by atoms with van der Waals surface area (Å²) in [4.78, 5) is 49.8. The molecule has 0 heterocycles. The van der Waals surface area contributed by atoms with Crippen LogP contribution in [0.3, 0.4) is 0 Å². The number of amides is 1. The predicted molar refractivity (Wildman–Crippen MR) is 133 cm³/mol. The van der Waals surface area contributed by atoms with Gasteiger partial charge in [-0.1, -0.05) is 12.1 Å². The van der Waals surface area contributed by atoms with Crippen molar-refractivity contribution >= 4 is 39.0 Å². The standard InChI is InChI=1S/C26H22F3NO9S/c1-13-19(21(33)24(38-4)23(37-3)20(13)32)12-15-6-5-7-18(22(15)39-14(2)31)25(34)30-16-8-10-17(11-9-16)40(35,36)26(27,28)29/h5-11H,12H2,1-4H3,(H,30,34). The third kappa shape index (κ3) is 5.76. The third-order valence-electron chi connectivity index (χ3n) is 5.78. The molecule has 1 aliphatic carbocycles. The number of ether oxygens (including phenoxy) is 3. The smallest absolute Gasteiger partial charge is 0.489 e. The second-order valence-corrected chi connectivity index (χ2v) is 10.3. The van der Waals surface area contributed by atoms with Gasteiger partial charge in [0.15, 0.2) is 0 Å². The molecule has 1 aliphatic rings. The van der Waals surface area contributed by atoms with Gasteiger partial charge in [-0.15, -0.1) is 0 Å². The second-order valence-electron chi connectivity index (χ2n) is 8.32. The van der Waals surface area contributed by atoms with E-state index in [1.807, 2.05) is 0 Å². The summed E-state index contributed by atoms with van der Waals surface area (Å²) in [6.07, 6.45) is -0.242. The molecule has 2 aromatic rings. The van der Waals surface area contributed by atoms with E-state index in [1.54, 1.807) is 0 Å². The van der Waals surface area contributed by atoms with Gasteiger partial charge in [-0.05, 0) is 37.3 Å². The lowest BCUT2D eigenvalue weighted by atomic mass is 9.88. The SMILES string of the molecule is COC1=C(OC)C(=O)C(Cc2cccc(C(=O)Nc3ccc(S(=O)(=O)C(F)(F)F)cc3)c2OC(C)=O)=C(C)C1=O. The lowest BCUT2D eigenvalue weighted by Crippen LogP contribution is -2.26. The Morgan fingerprint density at radius 1 is 0.925 bits per heavy atom. The Hall–Kier alpha value is -4.46. The number of rotatable bonds is 8. The molecule has 0 unspecified atom stereocenters. The van der Waals surface area contributed by atoms with Crippen molar-refractivity contribution in [1.82, 2.24) is 0 Å². The molecule has 0 spiro atoms. The largest absolute Gasteiger partial charge is 0.501 e. The predicted octanol–water partition coefficient (Wildman–Crippen LogP) is 3.67. The second kappa shape index (κ2) is 11.3. The van der Waals surface area contributed by atoms with Crippen molar-refractivity contribution in [3.63, 3.8) is 0 Å². The van der Waals surface area contributed by atoms with E-state index in [9.17, 15) is 40.8 Å². The van der Waals surface area contributed by atoms with Crippen LogP contribution in [0.15, 0.2) is 70.0 Å². The van der Waals surface area contributed by atoms with Crippen LogP contribution in [0.25, 0.3) is 0 Å². The van der Waals surface area contributed by atoms with Gasteiger partial charge in [0, 0.05) is 35.7 Å². The Balaban J connectivity index is 1.98. The van der Waals surface area contributed by atoms with Crippen molar-refractivity contribution in [3.05, 3.63) is 76.3 Å². The Kier molecular flexibility index (Phi) is 8.53. The minimum Gasteiger partial charge on any atom is -0.489 e. The number of carbonyl (C=O) groups excluding carboxylic acids is 4. The maximum atomic E-state index is 13.1. The number of para-hydroxylation sites is 1. The first-order valence-corrected chi connectivity index (χ1v) is 12.8. The number of Topliss-reactive ketones (excluding diaryl/α,β-unsaturated/α-hetero) is 2. The number of carbonyl (C=O) groups is 4. The van der Waals surface area contributed by atoms with Gasteiger partial charge in [0.25, 0.3) is 15.7 Å². The molecule has 3 rings (SSSR count). The molecule has 212 valence electrons. The molecule has 0 saturated carbocycles. The first kappa shape index (κ1) is 30.1. The summed E-state index contributed by atoms with van der Waals surface area (Å²) in [6, 6.07) is 7.45. The van der Waals surface area contributed by atoms with Gasteiger partial charge in [-0.25, -0.2) is 8.42 Å². The van der Waals surface area contributed by atoms with E-state index < -0.39 is 43.7 Å². The van der Waals surface area contributed by atoms with Crippen LogP contribution in [0.1, 0.15) is 29.8 Å². The van der Waals surface area contributed by atoms with Crippen LogP contribution in [0.2, 0.25) is 0 Å². The number of nitrogens with one attached hydrogen (secondary N) is 1. The molecule has 0 aromatic heterocycles. The monoisotopic (exact) mass is 581 g/mol. The number of halogens is 3. The van der Waals surface area contributed by atoms with E-state index in [1.165, 1.54) is 39.3 Å². The number of hydrogen-bond donors (Lipinski definition) is 1. The number of allylic oxidation sites excluding steroid dienone is 2. The number of esters is 1. The van der Waals surface area contributed by atoms with Gasteiger partial charge in [0.2, 0.25) is 23.1 Å². The summed E-state index contributed by atoms with van der Waals surface area (Å²) in [7, 11) is -3.18. The highest BCUT2D eigenvalue weighted by Gasteiger charge is 2.46. The van der Waals surface area contributed by atoms with Gasteiger partial charge in [0.1, 0.15) is 5.75 Å². The van der Waals surface area contributed by atoms with Crippen molar-refractivity contribution in [3.8, 4) is 5.75 Å². The lowest BCUT2D eigenvalue weighted by Gasteiger charge is -2.21. The highest BCUT2D eigenvalue weighted by Crippen LogP contribution is 2.34. The molecule has 40 heavy (non-hydrogen) atoms.